The van der Waals surface area contributed by atoms with Gasteiger partial charge in [-0.25, -0.2) is 0 Å². The summed E-state index contributed by atoms with van der Waals surface area (Å²) in [5, 5.41) is 0. The van der Waals surface area contributed by atoms with Gasteiger partial charge in [0.25, 0.3) is 0 Å². The molecular weight excluding hydrogens is 256 g/mol. The monoisotopic (exact) mass is 258 g/mol. The highest BCUT2D eigenvalue weighted by Crippen LogP contribution is 2.42. The second-order valence-electron chi connectivity index (χ2n) is 2.71. The Morgan fingerprint density at radius 3 is 1.31 bits per heavy atom. The molecule has 0 spiro atoms. The van der Waals surface area contributed by atoms with E-state index < -0.39 is 36.6 Å². The van der Waals surface area contributed by atoms with Gasteiger partial charge in [0.15, 0.2) is 0 Å². The topological polar surface area (TPSA) is 18.5 Å². The van der Waals surface area contributed by atoms with E-state index in [1.54, 1.807) is 0 Å². The minimum atomic E-state index is -5.46. The molecule has 10 heteroatoms. The van der Waals surface area contributed by atoms with E-state index in [0.717, 1.165) is 0 Å². The van der Waals surface area contributed by atoms with E-state index in [-0.39, 0.29) is 0 Å². The van der Waals surface area contributed by atoms with Gasteiger partial charge in [0.05, 0.1) is 0 Å². The fourth-order valence-corrected chi connectivity index (χ4v) is 0.948. The predicted octanol–water partition coefficient (Wildman–Crippen LogP) is 2.96. The summed E-state index contributed by atoms with van der Waals surface area (Å²) in [6.45, 7) is 0. The normalized spacial score (nSPS) is 26.4. The zero-order valence-electron chi connectivity index (χ0n) is 6.99. The lowest BCUT2D eigenvalue weighted by molar-refractivity contribution is -0.260. The van der Waals surface area contributed by atoms with Gasteiger partial charge in [-0.05, 0) is 0 Å². The van der Waals surface area contributed by atoms with Crippen LogP contribution in [0.1, 0.15) is 0 Å². The molecular formula is C6H2F8O2. The summed E-state index contributed by atoms with van der Waals surface area (Å²) in [7, 11) is 0. The third-order valence-electron chi connectivity index (χ3n) is 1.54. The average Bonchev–Trinajstić information content (AvgIpc) is 2.44. The first-order valence-electron chi connectivity index (χ1n) is 3.55. The van der Waals surface area contributed by atoms with E-state index in [2.05, 4.69) is 9.47 Å². The van der Waals surface area contributed by atoms with Gasteiger partial charge >= 0.3 is 24.4 Å². The molecule has 1 rings (SSSR count). The first-order valence-corrected chi connectivity index (χ1v) is 3.55. The average molecular weight is 258 g/mol. The van der Waals surface area contributed by atoms with Crippen LogP contribution in [-0.2, 0) is 9.47 Å². The van der Waals surface area contributed by atoms with Crippen LogP contribution in [0.3, 0.4) is 0 Å². The molecule has 0 aromatic heterocycles. The summed E-state index contributed by atoms with van der Waals surface area (Å²) in [6.07, 6.45) is -20.8. The Morgan fingerprint density at radius 2 is 1.12 bits per heavy atom. The Balaban J connectivity index is 3.03. The molecule has 0 bridgehead atoms. The van der Waals surface area contributed by atoms with E-state index in [1.807, 2.05) is 0 Å². The fraction of sp³-hybridized carbons (Fsp3) is 0.667. The molecule has 0 amide bonds. The molecule has 1 aliphatic rings. The maximum absolute atomic E-state index is 12.0. The summed E-state index contributed by atoms with van der Waals surface area (Å²) in [5.74, 6) is -2.05. The van der Waals surface area contributed by atoms with E-state index in [4.69, 9.17) is 0 Å². The van der Waals surface area contributed by atoms with Gasteiger partial charge in [0, 0.05) is 0 Å². The number of hydrogen-bond acceptors (Lipinski definition) is 2. The summed E-state index contributed by atoms with van der Waals surface area (Å²) in [6, 6.07) is 0. The Hall–Kier alpha value is -1.22. The van der Waals surface area contributed by atoms with Gasteiger partial charge in [0.2, 0.25) is 12.2 Å². The Kier molecular flexibility index (Phi) is 2.94. The SMILES string of the molecule is FC(F)=C1OC(C(F)(F)F)C(C(F)(F)F)O1. The standard InChI is InChI=1S/C6H2F8O2/c7-3(8)4-15-1(5(9,10)11)2(16-4)6(12,13)14/h1-2H. The van der Waals surface area contributed by atoms with Crippen molar-refractivity contribution < 1.29 is 44.6 Å². The summed E-state index contributed by atoms with van der Waals surface area (Å²) >= 11 is 0. The number of halogens is 8. The summed E-state index contributed by atoms with van der Waals surface area (Å²) in [5.41, 5.74) is 0. The molecule has 94 valence electrons. The van der Waals surface area contributed by atoms with Crippen molar-refractivity contribution in [2.24, 2.45) is 0 Å². The van der Waals surface area contributed by atoms with Crippen LogP contribution in [0.2, 0.25) is 0 Å². The molecule has 1 saturated heterocycles. The second kappa shape index (κ2) is 3.67. The van der Waals surface area contributed by atoms with Gasteiger partial charge in [-0.2, -0.15) is 35.1 Å². The first kappa shape index (κ1) is 12.8. The maximum Gasteiger partial charge on any atom is 0.429 e. The molecule has 0 aliphatic carbocycles. The molecule has 1 aliphatic heterocycles. The van der Waals surface area contributed by atoms with Crippen molar-refractivity contribution in [2.45, 2.75) is 24.6 Å². The molecule has 2 unspecified atom stereocenters. The minimum absolute atomic E-state index is 2.05. The molecule has 16 heavy (non-hydrogen) atoms. The molecule has 2 atom stereocenters. The van der Waals surface area contributed by atoms with Gasteiger partial charge < -0.3 is 9.47 Å². The van der Waals surface area contributed by atoms with E-state index in [0.29, 0.717) is 0 Å². The van der Waals surface area contributed by atoms with Gasteiger partial charge in [-0.1, -0.05) is 0 Å². The highest BCUT2D eigenvalue weighted by Gasteiger charge is 2.63. The van der Waals surface area contributed by atoms with Crippen molar-refractivity contribution in [1.82, 2.24) is 0 Å². The molecule has 2 nitrogen and oxygen atoms in total. The van der Waals surface area contributed by atoms with Crippen LogP contribution in [0.15, 0.2) is 12.0 Å². The van der Waals surface area contributed by atoms with Crippen molar-refractivity contribution in [3.05, 3.63) is 12.0 Å². The molecule has 1 heterocycles. The fourth-order valence-electron chi connectivity index (χ4n) is 0.948. The molecule has 1 fully saturated rings. The molecule has 0 N–H and O–H groups in total. The predicted molar refractivity (Wildman–Crippen MR) is 31.1 cm³/mol. The zero-order valence-corrected chi connectivity index (χ0v) is 6.99. The minimum Gasteiger partial charge on any atom is -0.444 e. The van der Waals surface area contributed by atoms with Crippen LogP contribution in [0, 0.1) is 0 Å². The second-order valence-corrected chi connectivity index (χ2v) is 2.71. The van der Waals surface area contributed by atoms with Crippen molar-refractivity contribution in [2.75, 3.05) is 0 Å². The lowest BCUT2D eigenvalue weighted by Gasteiger charge is -2.20. The summed E-state index contributed by atoms with van der Waals surface area (Å²) < 4.78 is 102. The maximum atomic E-state index is 12.0. The van der Waals surface area contributed by atoms with Crippen LogP contribution < -0.4 is 0 Å². The quantitative estimate of drug-likeness (QED) is 0.622. The van der Waals surface area contributed by atoms with Crippen LogP contribution in [0.4, 0.5) is 35.1 Å². The number of ether oxygens (including phenoxy) is 2. The van der Waals surface area contributed by atoms with Gasteiger partial charge in [-0.15, -0.1) is 0 Å². The van der Waals surface area contributed by atoms with Crippen LogP contribution >= 0.6 is 0 Å². The summed E-state index contributed by atoms with van der Waals surface area (Å²) in [4.78, 5) is 0. The third kappa shape index (κ3) is 2.47. The van der Waals surface area contributed by atoms with Crippen molar-refractivity contribution in [3.63, 3.8) is 0 Å². The highest BCUT2D eigenvalue weighted by molar-refractivity contribution is 4.99. The van der Waals surface area contributed by atoms with E-state index in [1.165, 1.54) is 0 Å². The smallest absolute Gasteiger partial charge is 0.429 e. The lowest BCUT2D eigenvalue weighted by Crippen LogP contribution is -2.45. The van der Waals surface area contributed by atoms with E-state index >= 15 is 0 Å². The number of rotatable bonds is 0. The van der Waals surface area contributed by atoms with E-state index in [9.17, 15) is 35.1 Å². The highest BCUT2D eigenvalue weighted by atomic mass is 19.4. The molecule has 0 aromatic carbocycles. The zero-order chi connectivity index (χ0) is 12.7. The Morgan fingerprint density at radius 1 is 0.812 bits per heavy atom. The molecule has 0 saturated carbocycles. The third-order valence-corrected chi connectivity index (χ3v) is 1.54. The Bertz CT molecular complexity index is 275. The number of alkyl halides is 6. The molecule has 0 aromatic rings. The van der Waals surface area contributed by atoms with Crippen LogP contribution in [-0.4, -0.2) is 24.6 Å². The van der Waals surface area contributed by atoms with Crippen molar-refractivity contribution in [1.29, 1.82) is 0 Å². The van der Waals surface area contributed by atoms with Crippen molar-refractivity contribution >= 4 is 0 Å². The van der Waals surface area contributed by atoms with Crippen LogP contribution in [0.5, 0.6) is 0 Å². The van der Waals surface area contributed by atoms with Gasteiger partial charge in [-0.3, -0.25) is 0 Å². The van der Waals surface area contributed by atoms with Crippen molar-refractivity contribution in [3.8, 4) is 0 Å². The lowest BCUT2D eigenvalue weighted by atomic mass is 10.2. The largest absolute Gasteiger partial charge is 0.444 e. The molecule has 0 radical (unpaired) electrons. The Labute approximate surface area is 82.4 Å². The first-order chi connectivity index (χ1) is 7.03. The van der Waals surface area contributed by atoms with Crippen LogP contribution in [0.25, 0.3) is 0 Å². The number of hydrogen-bond donors (Lipinski definition) is 0. The van der Waals surface area contributed by atoms with Gasteiger partial charge in [0.1, 0.15) is 0 Å².